The molecule has 1 heterocycles. The highest BCUT2D eigenvalue weighted by Gasteiger charge is 2.25. The smallest absolute Gasteiger partial charge is 0.294 e. The molecule has 2 aromatic carbocycles. The number of amides is 1. The van der Waals surface area contributed by atoms with Gasteiger partial charge in [0.25, 0.3) is 11.7 Å². The minimum atomic E-state index is -0.532. The Morgan fingerprint density at radius 3 is 2.54 bits per heavy atom. The van der Waals surface area contributed by atoms with Crippen molar-refractivity contribution in [3.63, 3.8) is 0 Å². The molecule has 0 aliphatic carbocycles. The van der Waals surface area contributed by atoms with Crippen LogP contribution < -0.4 is 4.74 Å². The van der Waals surface area contributed by atoms with Gasteiger partial charge in [-0.3, -0.25) is 9.59 Å². The number of hydrogen-bond donors (Lipinski definition) is 1. The summed E-state index contributed by atoms with van der Waals surface area (Å²) >= 11 is 0. The van der Waals surface area contributed by atoms with Crippen LogP contribution in [0.5, 0.6) is 5.75 Å². The van der Waals surface area contributed by atoms with Crippen molar-refractivity contribution in [2.24, 2.45) is 0 Å². The largest absolute Gasteiger partial charge is 0.488 e. The highest BCUT2D eigenvalue weighted by atomic mass is 16.5. The average Bonchev–Trinajstić information content (AvgIpc) is 3.10. The molecule has 0 aliphatic rings. The van der Waals surface area contributed by atoms with Crippen LogP contribution >= 0.6 is 0 Å². The lowest BCUT2D eigenvalue weighted by Crippen LogP contribution is -2.33. The molecule has 0 unspecified atom stereocenters. The molecular formula is C21H22N2O3. The molecule has 0 saturated carbocycles. The number of likely N-dealkylation sites (N-methyl/N-ethyl adjacent to an activating group) is 1. The number of nitrogens with zero attached hydrogens (tertiary/aromatic N) is 1. The maximum absolute atomic E-state index is 12.7. The molecule has 1 aromatic heterocycles. The van der Waals surface area contributed by atoms with Crippen LogP contribution in [0.25, 0.3) is 10.9 Å². The van der Waals surface area contributed by atoms with Gasteiger partial charge in [-0.15, -0.1) is 0 Å². The van der Waals surface area contributed by atoms with E-state index in [0.29, 0.717) is 29.9 Å². The number of Topliss-reactive ketones (excluding diaryl/α,β-unsaturated/α-hetero) is 1. The first-order valence-corrected chi connectivity index (χ1v) is 8.60. The summed E-state index contributed by atoms with van der Waals surface area (Å²) in [7, 11) is 1.62. The molecule has 3 aromatic rings. The number of aryl methyl sites for hydroxylation is 1. The van der Waals surface area contributed by atoms with Crippen LogP contribution in [0.1, 0.15) is 28.4 Å². The number of benzene rings is 2. The summed E-state index contributed by atoms with van der Waals surface area (Å²) in [5.74, 6) is -0.428. The van der Waals surface area contributed by atoms with Gasteiger partial charge in [0.15, 0.2) is 0 Å². The van der Waals surface area contributed by atoms with Gasteiger partial charge in [0.2, 0.25) is 0 Å². The fourth-order valence-electron chi connectivity index (χ4n) is 2.82. The molecule has 134 valence electrons. The van der Waals surface area contributed by atoms with Crippen LogP contribution in [0.4, 0.5) is 0 Å². The lowest BCUT2D eigenvalue weighted by Gasteiger charge is -2.14. The van der Waals surface area contributed by atoms with E-state index in [4.69, 9.17) is 4.74 Å². The first-order chi connectivity index (χ1) is 12.5. The standard InChI is InChI=1S/C21H22N2O3/c1-4-23(3)21(25)19(24)16-12-22-17-11-10-14(2)20(18(16)17)26-13-15-8-6-5-7-9-15/h5-12,22H,4,13H2,1-3H3. The quantitative estimate of drug-likeness (QED) is 0.544. The lowest BCUT2D eigenvalue weighted by molar-refractivity contribution is -0.125. The molecule has 0 atom stereocenters. The van der Waals surface area contributed by atoms with Crippen LogP contribution in [0.3, 0.4) is 0 Å². The summed E-state index contributed by atoms with van der Waals surface area (Å²) in [6.45, 7) is 4.63. The van der Waals surface area contributed by atoms with Crippen molar-refractivity contribution in [1.29, 1.82) is 0 Å². The van der Waals surface area contributed by atoms with Crippen LogP contribution in [-0.4, -0.2) is 35.2 Å². The highest BCUT2D eigenvalue weighted by molar-refractivity contribution is 6.45. The number of ketones is 1. The summed E-state index contributed by atoms with van der Waals surface area (Å²) in [6, 6.07) is 13.7. The highest BCUT2D eigenvalue weighted by Crippen LogP contribution is 2.33. The van der Waals surface area contributed by atoms with E-state index in [1.54, 1.807) is 13.2 Å². The van der Waals surface area contributed by atoms with E-state index < -0.39 is 11.7 Å². The molecule has 0 spiro atoms. The maximum atomic E-state index is 12.7. The summed E-state index contributed by atoms with van der Waals surface area (Å²) in [5.41, 5.74) is 3.07. The van der Waals surface area contributed by atoms with E-state index >= 15 is 0 Å². The molecule has 0 bridgehead atoms. The van der Waals surface area contributed by atoms with Crippen molar-refractivity contribution in [3.05, 3.63) is 65.4 Å². The fraction of sp³-hybridized carbons (Fsp3) is 0.238. The van der Waals surface area contributed by atoms with Gasteiger partial charge in [-0.05, 0) is 31.0 Å². The lowest BCUT2D eigenvalue weighted by atomic mass is 10.0. The Morgan fingerprint density at radius 2 is 1.85 bits per heavy atom. The van der Waals surface area contributed by atoms with Gasteiger partial charge in [0.05, 0.1) is 10.9 Å². The van der Waals surface area contributed by atoms with Crippen molar-refractivity contribution >= 4 is 22.6 Å². The van der Waals surface area contributed by atoms with Gasteiger partial charge < -0.3 is 14.6 Å². The Labute approximate surface area is 152 Å². The minimum Gasteiger partial charge on any atom is -0.488 e. The maximum Gasteiger partial charge on any atom is 0.294 e. The Balaban J connectivity index is 2.00. The second-order valence-electron chi connectivity index (χ2n) is 6.26. The zero-order valence-electron chi connectivity index (χ0n) is 15.2. The molecule has 26 heavy (non-hydrogen) atoms. The third kappa shape index (κ3) is 3.33. The van der Waals surface area contributed by atoms with Gasteiger partial charge in [0, 0.05) is 25.3 Å². The molecular weight excluding hydrogens is 328 g/mol. The van der Waals surface area contributed by atoms with Crippen LogP contribution in [0.2, 0.25) is 0 Å². The average molecular weight is 350 g/mol. The van der Waals surface area contributed by atoms with Crippen molar-refractivity contribution in [1.82, 2.24) is 9.88 Å². The monoisotopic (exact) mass is 350 g/mol. The molecule has 0 aliphatic heterocycles. The number of carbonyl (C=O) groups is 2. The summed E-state index contributed by atoms with van der Waals surface area (Å²) < 4.78 is 6.05. The Bertz CT molecular complexity index is 945. The zero-order chi connectivity index (χ0) is 18.7. The SMILES string of the molecule is CCN(C)C(=O)C(=O)c1c[nH]c2ccc(C)c(OCc3ccccc3)c12. The predicted octanol–water partition coefficient (Wildman–Crippen LogP) is 3.72. The Hall–Kier alpha value is -3.08. The first kappa shape index (κ1) is 17.7. The molecule has 0 saturated heterocycles. The first-order valence-electron chi connectivity index (χ1n) is 8.60. The molecule has 3 rings (SSSR count). The minimum absolute atomic E-state index is 0.345. The number of fused-ring (bicyclic) bond motifs is 1. The molecule has 0 radical (unpaired) electrons. The number of aromatic nitrogens is 1. The summed E-state index contributed by atoms with van der Waals surface area (Å²) in [5, 5.41) is 0.656. The van der Waals surface area contributed by atoms with E-state index in [9.17, 15) is 9.59 Å². The second kappa shape index (κ2) is 7.44. The molecule has 0 fully saturated rings. The van der Waals surface area contributed by atoms with E-state index in [1.807, 2.05) is 56.3 Å². The van der Waals surface area contributed by atoms with Crippen molar-refractivity contribution in [3.8, 4) is 5.75 Å². The van der Waals surface area contributed by atoms with Crippen LogP contribution in [-0.2, 0) is 11.4 Å². The molecule has 1 N–H and O–H groups in total. The predicted molar refractivity (Wildman–Crippen MR) is 101 cm³/mol. The van der Waals surface area contributed by atoms with Crippen molar-refractivity contribution in [2.75, 3.05) is 13.6 Å². The number of H-pyrrole nitrogens is 1. The summed E-state index contributed by atoms with van der Waals surface area (Å²) in [4.78, 5) is 29.5. The number of nitrogens with one attached hydrogen (secondary N) is 1. The number of rotatable bonds is 6. The van der Waals surface area contributed by atoms with Gasteiger partial charge in [-0.2, -0.15) is 0 Å². The second-order valence-corrected chi connectivity index (χ2v) is 6.26. The molecule has 5 nitrogen and oxygen atoms in total. The molecule has 1 amide bonds. The topological polar surface area (TPSA) is 62.4 Å². The Morgan fingerprint density at radius 1 is 1.12 bits per heavy atom. The van der Waals surface area contributed by atoms with Gasteiger partial charge in [-0.25, -0.2) is 0 Å². The fourth-order valence-corrected chi connectivity index (χ4v) is 2.82. The molecule has 5 heteroatoms. The van der Waals surface area contributed by atoms with Gasteiger partial charge >= 0.3 is 0 Å². The summed E-state index contributed by atoms with van der Waals surface area (Å²) in [6.07, 6.45) is 1.59. The Kier molecular flexibility index (Phi) is 5.07. The van der Waals surface area contributed by atoms with E-state index in [-0.39, 0.29) is 0 Å². The van der Waals surface area contributed by atoms with Crippen molar-refractivity contribution in [2.45, 2.75) is 20.5 Å². The van der Waals surface area contributed by atoms with Gasteiger partial charge in [0.1, 0.15) is 12.4 Å². The van der Waals surface area contributed by atoms with E-state index in [2.05, 4.69) is 4.98 Å². The third-order valence-electron chi connectivity index (χ3n) is 4.48. The van der Waals surface area contributed by atoms with Crippen LogP contribution in [0.15, 0.2) is 48.7 Å². The van der Waals surface area contributed by atoms with Crippen molar-refractivity contribution < 1.29 is 14.3 Å². The number of hydrogen-bond acceptors (Lipinski definition) is 3. The van der Waals surface area contributed by atoms with E-state index in [0.717, 1.165) is 16.6 Å². The number of aromatic amines is 1. The zero-order valence-corrected chi connectivity index (χ0v) is 15.2. The normalized spacial score (nSPS) is 10.7. The third-order valence-corrected chi connectivity index (χ3v) is 4.48. The number of carbonyl (C=O) groups excluding carboxylic acids is 2. The number of ether oxygens (including phenoxy) is 1. The van der Waals surface area contributed by atoms with Crippen LogP contribution in [0, 0.1) is 6.92 Å². The van der Waals surface area contributed by atoms with Gasteiger partial charge in [-0.1, -0.05) is 36.4 Å². The van der Waals surface area contributed by atoms with E-state index in [1.165, 1.54) is 4.90 Å².